The first-order valence-corrected chi connectivity index (χ1v) is 5.42. The highest BCUT2D eigenvalue weighted by molar-refractivity contribution is 5.34. The Hall–Kier alpha value is -1.07. The number of benzene rings is 1. The van der Waals surface area contributed by atoms with E-state index in [-0.39, 0.29) is 11.7 Å². The van der Waals surface area contributed by atoms with Gasteiger partial charge in [-0.3, -0.25) is 5.32 Å². The summed E-state index contributed by atoms with van der Waals surface area (Å²) in [4.78, 5) is 0. The van der Waals surface area contributed by atoms with Crippen LogP contribution >= 0.6 is 0 Å². The lowest BCUT2D eigenvalue weighted by atomic mass is 9.98. The smallest absolute Gasteiger partial charge is 0.352 e. The van der Waals surface area contributed by atoms with Gasteiger partial charge in [-0.05, 0) is 19.9 Å². The van der Waals surface area contributed by atoms with Crippen molar-refractivity contribution in [3.8, 4) is 0 Å². The number of ether oxygens (including phenoxy) is 1. The van der Waals surface area contributed by atoms with E-state index in [1.807, 2.05) is 6.92 Å². The maximum absolute atomic E-state index is 12.9. The molecule has 2 unspecified atom stereocenters. The SMILES string of the molecule is CC1CNC(C)(c2ccccc2C(F)(F)F)O1. The largest absolute Gasteiger partial charge is 0.416 e. The third-order valence-electron chi connectivity index (χ3n) is 2.91. The summed E-state index contributed by atoms with van der Waals surface area (Å²) in [6.45, 7) is 4.00. The van der Waals surface area contributed by atoms with Crippen molar-refractivity contribution in [1.82, 2.24) is 5.32 Å². The molecule has 1 aliphatic heterocycles. The van der Waals surface area contributed by atoms with Crippen LogP contribution in [0.2, 0.25) is 0 Å². The highest BCUT2D eigenvalue weighted by Gasteiger charge is 2.42. The molecule has 1 aromatic carbocycles. The van der Waals surface area contributed by atoms with E-state index in [9.17, 15) is 13.2 Å². The van der Waals surface area contributed by atoms with Crippen molar-refractivity contribution in [3.05, 3.63) is 35.4 Å². The molecular formula is C12H14F3NO. The number of nitrogens with one attached hydrogen (secondary N) is 1. The number of alkyl halides is 3. The van der Waals surface area contributed by atoms with Crippen molar-refractivity contribution >= 4 is 0 Å². The van der Waals surface area contributed by atoms with E-state index in [1.54, 1.807) is 13.0 Å². The Morgan fingerprint density at radius 2 is 2.00 bits per heavy atom. The van der Waals surface area contributed by atoms with E-state index in [1.165, 1.54) is 12.1 Å². The van der Waals surface area contributed by atoms with Gasteiger partial charge >= 0.3 is 6.18 Å². The van der Waals surface area contributed by atoms with Crippen LogP contribution in [0.25, 0.3) is 0 Å². The van der Waals surface area contributed by atoms with Crippen molar-refractivity contribution in [3.63, 3.8) is 0 Å². The zero-order chi connectivity index (χ0) is 12.7. The van der Waals surface area contributed by atoms with Crippen LogP contribution in [0.1, 0.15) is 25.0 Å². The Morgan fingerprint density at radius 1 is 1.35 bits per heavy atom. The zero-order valence-electron chi connectivity index (χ0n) is 9.64. The van der Waals surface area contributed by atoms with Gasteiger partial charge in [-0.25, -0.2) is 0 Å². The Bertz CT molecular complexity index is 418. The lowest BCUT2D eigenvalue weighted by molar-refractivity contribution is -0.141. The molecule has 94 valence electrons. The third kappa shape index (κ3) is 2.30. The van der Waals surface area contributed by atoms with Gasteiger partial charge in [0.15, 0.2) is 0 Å². The van der Waals surface area contributed by atoms with Gasteiger partial charge in [0.05, 0.1) is 11.7 Å². The summed E-state index contributed by atoms with van der Waals surface area (Å²) in [5, 5.41) is 2.99. The summed E-state index contributed by atoms with van der Waals surface area (Å²) in [7, 11) is 0. The van der Waals surface area contributed by atoms with Crippen molar-refractivity contribution in [1.29, 1.82) is 0 Å². The fourth-order valence-electron chi connectivity index (χ4n) is 2.13. The summed E-state index contributed by atoms with van der Waals surface area (Å²) < 4.78 is 44.2. The van der Waals surface area contributed by atoms with E-state index in [0.717, 1.165) is 6.07 Å². The van der Waals surface area contributed by atoms with E-state index < -0.39 is 17.5 Å². The Balaban J connectivity index is 2.46. The maximum Gasteiger partial charge on any atom is 0.416 e. The molecule has 0 spiro atoms. The highest BCUT2D eigenvalue weighted by Crippen LogP contribution is 2.38. The molecule has 5 heteroatoms. The van der Waals surface area contributed by atoms with Gasteiger partial charge in [0, 0.05) is 12.1 Å². The molecule has 1 heterocycles. The normalized spacial score (nSPS) is 29.6. The summed E-state index contributed by atoms with van der Waals surface area (Å²) >= 11 is 0. The van der Waals surface area contributed by atoms with Crippen LogP contribution in [0.4, 0.5) is 13.2 Å². The molecule has 0 radical (unpaired) electrons. The second-order valence-corrected chi connectivity index (χ2v) is 4.39. The van der Waals surface area contributed by atoms with Crippen LogP contribution in [0.15, 0.2) is 24.3 Å². The summed E-state index contributed by atoms with van der Waals surface area (Å²) in [5.41, 5.74) is -1.58. The fraction of sp³-hybridized carbons (Fsp3) is 0.500. The molecule has 1 aliphatic rings. The molecule has 2 nitrogen and oxygen atoms in total. The van der Waals surface area contributed by atoms with Crippen LogP contribution in [0, 0.1) is 0 Å². The second kappa shape index (κ2) is 3.99. The molecule has 0 aliphatic carbocycles. The fourth-order valence-corrected chi connectivity index (χ4v) is 2.13. The molecule has 1 aromatic rings. The minimum absolute atomic E-state index is 0.0960. The molecule has 17 heavy (non-hydrogen) atoms. The molecule has 1 N–H and O–H groups in total. The van der Waals surface area contributed by atoms with Crippen molar-refractivity contribution in [2.45, 2.75) is 31.9 Å². The monoisotopic (exact) mass is 245 g/mol. The number of hydrogen-bond donors (Lipinski definition) is 1. The Labute approximate surface area is 97.8 Å². The molecule has 1 saturated heterocycles. The van der Waals surface area contributed by atoms with Crippen LogP contribution in [-0.2, 0) is 16.6 Å². The van der Waals surface area contributed by atoms with Gasteiger partial charge in [-0.15, -0.1) is 0 Å². The van der Waals surface area contributed by atoms with Gasteiger partial charge < -0.3 is 4.74 Å². The lowest BCUT2D eigenvalue weighted by Crippen LogP contribution is -2.36. The third-order valence-corrected chi connectivity index (χ3v) is 2.91. The van der Waals surface area contributed by atoms with Crippen LogP contribution < -0.4 is 5.32 Å². The quantitative estimate of drug-likeness (QED) is 0.821. The number of rotatable bonds is 1. The van der Waals surface area contributed by atoms with Gasteiger partial charge in [0.1, 0.15) is 5.72 Å². The molecular weight excluding hydrogens is 231 g/mol. The molecule has 2 rings (SSSR count). The summed E-state index contributed by atoms with van der Waals surface area (Å²) in [6, 6.07) is 5.50. The molecule has 2 atom stereocenters. The van der Waals surface area contributed by atoms with Crippen molar-refractivity contribution in [2.24, 2.45) is 0 Å². The van der Waals surface area contributed by atoms with Gasteiger partial charge in [-0.2, -0.15) is 13.2 Å². The van der Waals surface area contributed by atoms with E-state index in [2.05, 4.69) is 5.32 Å². The summed E-state index contributed by atoms with van der Waals surface area (Å²) in [5.74, 6) is 0. The first-order chi connectivity index (χ1) is 7.83. The van der Waals surface area contributed by atoms with E-state index in [4.69, 9.17) is 4.74 Å². The predicted molar refractivity (Wildman–Crippen MR) is 57.3 cm³/mol. The van der Waals surface area contributed by atoms with Gasteiger partial charge in [0.25, 0.3) is 0 Å². The molecule has 0 saturated carbocycles. The van der Waals surface area contributed by atoms with Crippen molar-refractivity contribution in [2.75, 3.05) is 6.54 Å². The summed E-state index contributed by atoms with van der Waals surface area (Å²) in [6.07, 6.45) is -4.46. The first-order valence-electron chi connectivity index (χ1n) is 5.42. The minimum Gasteiger partial charge on any atom is -0.352 e. The molecule has 1 fully saturated rings. The van der Waals surface area contributed by atoms with Gasteiger partial charge in [-0.1, -0.05) is 18.2 Å². The van der Waals surface area contributed by atoms with Crippen LogP contribution in [0.5, 0.6) is 0 Å². The maximum atomic E-state index is 12.9. The molecule has 0 aromatic heterocycles. The predicted octanol–water partition coefficient (Wildman–Crippen LogP) is 2.89. The zero-order valence-corrected chi connectivity index (χ0v) is 9.64. The molecule has 0 amide bonds. The van der Waals surface area contributed by atoms with Crippen molar-refractivity contribution < 1.29 is 17.9 Å². The average Bonchev–Trinajstić information content (AvgIpc) is 2.59. The topological polar surface area (TPSA) is 21.3 Å². The van der Waals surface area contributed by atoms with E-state index in [0.29, 0.717) is 6.54 Å². The van der Waals surface area contributed by atoms with Crippen LogP contribution in [0.3, 0.4) is 0 Å². The lowest BCUT2D eigenvalue weighted by Gasteiger charge is -2.28. The number of halogens is 3. The standard InChI is InChI=1S/C12H14F3NO/c1-8-7-16-11(2,17-8)9-5-3-4-6-10(9)12(13,14)15/h3-6,8,16H,7H2,1-2H3. The number of hydrogen-bond acceptors (Lipinski definition) is 2. The van der Waals surface area contributed by atoms with Gasteiger partial charge in [0.2, 0.25) is 0 Å². The van der Waals surface area contributed by atoms with Crippen LogP contribution in [-0.4, -0.2) is 12.6 Å². The highest BCUT2D eigenvalue weighted by atomic mass is 19.4. The second-order valence-electron chi connectivity index (χ2n) is 4.39. The molecule has 0 bridgehead atoms. The minimum atomic E-state index is -4.36. The first kappa shape index (κ1) is 12.4. The Kier molecular flexibility index (Phi) is 2.91. The Morgan fingerprint density at radius 3 is 2.53 bits per heavy atom. The van der Waals surface area contributed by atoms with E-state index >= 15 is 0 Å². The average molecular weight is 245 g/mol.